The minimum atomic E-state index is -0.524. The van der Waals surface area contributed by atoms with E-state index in [1.54, 1.807) is 0 Å². The second-order valence-electron chi connectivity index (χ2n) is 4.95. The molecule has 0 aliphatic carbocycles. The number of carbonyl (C=O) groups is 2. The van der Waals surface area contributed by atoms with Crippen molar-refractivity contribution in [3.8, 4) is 0 Å². The molecule has 5 nitrogen and oxygen atoms in total. The van der Waals surface area contributed by atoms with Crippen molar-refractivity contribution in [2.45, 2.75) is 32.8 Å². The van der Waals surface area contributed by atoms with Gasteiger partial charge in [0.1, 0.15) is 5.60 Å². The summed E-state index contributed by atoms with van der Waals surface area (Å²) in [5.41, 5.74) is -0.0199. The molecule has 5 heteroatoms. The van der Waals surface area contributed by atoms with E-state index in [0.29, 0.717) is 18.5 Å². The Hall–Kier alpha value is -1.52. The quantitative estimate of drug-likeness (QED) is 0.518. The lowest BCUT2D eigenvalue weighted by Gasteiger charge is -2.30. The Morgan fingerprint density at radius 3 is 2.59 bits per heavy atom. The summed E-state index contributed by atoms with van der Waals surface area (Å²) in [6.07, 6.45) is 1.31. The molecule has 1 rings (SSSR count). The fourth-order valence-electron chi connectivity index (χ4n) is 1.50. The largest absolute Gasteiger partial charge is 0.504 e. The van der Waals surface area contributed by atoms with Crippen LogP contribution in [0.5, 0.6) is 0 Å². The van der Waals surface area contributed by atoms with Crippen LogP contribution >= 0.6 is 0 Å². The Morgan fingerprint density at radius 1 is 1.41 bits per heavy atom. The predicted molar refractivity (Wildman–Crippen MR) is 62.5 cm³/mol. The third-order valence-electron chi connectivity index (χ3n) is 2.24. The lowest BCUT2D eigenvalue weighted by Crippen LogP contribution is -2.43. The van der Waals surface area contributed by atoms with Gasteiger partial charge in [-0.25, -0.2) is 4.79 Å². The third kappa shape index (κ3) is 4.09. The molecule has 0 aromatic heterocycles. The van der Waals surface area contributed by atoms with E-state index in [4.69, 9.17) is 9.47 Å². The van der Waals surface area contributed by atoms with Gasteiger partial charge < -0.3 is 14.4 Å². The first-order chi connectivity index (χ1) is 7.83. The zero-order valence-corrected chi connectivity index (χ0v) is 10.8. The van der Waals surface area contributed by atoms with E-state index < -0.39 is 11.7 Å². The summed E-state index contributed by atoms with van der Waals surface area (Å²) in [5, 5.41) is 0. The zero-order valence-electron chi connectivity index (χ0n) is 10.8. The van der Waals surface area contributed by atoms with Gasteiger partial charge in [-0.05, 0) is 20.8 Å². The van der Waals surface area contributed by atoms with Crippen LogP contribution in [-0.4, -0.2) is 42.6 Å². The summed E-state index contributed by atoms with van der Waals surface area (Å²) in [6, 6.07) is 0. The fraction of sp³-hybridized carbons (Fsp3) is 0.667. The maximum absolute atomic E-state index is 11.8. The molecule has 0 bridgehead atoms. The van der Waals surface area contributed by atoms with Gasteiger partial charge in [0.2, 0.25) is 0 Å². The number of likely N-dealkylation sites (tertiary alicyclic amines) is 1. The standard InChI is InChI=1S/C12H19NO4/c1-12(2,3)17-11(15)13-6-5-10(14)9(7-13)8-16-4/h8H,5-7H2,1-4H3/b9-8-. The molecule has 0 aromatic carbocycles. The fourth-order valence-corrected chi connectivity index (χ4v) is 1.50. The first-order valence-corrected chi connectivity index (χ1v) is 5.56. The number of nitrogens with zero attached hydrogens (tertiary/aromatic N) is 1. The molecule has 1 aliphatic rings. The summed E-state index contributed by atoms with van der Waals surface area (Å²) in [4.78, 5) is 24.8. The highest BCUT2D eigenvalue weighted by atomic mass is 16.6. The highest BCUT2D eigenvalue weighted by Crippen LogP contribution is 2.16. The van der Waals surface area contributed by atoms with Crippen molar-refractivity contribution in [3.05, 3.63) is 11.8 Å². The van der Waals surface area contributed by atoms with E-state index in [0.717, 1.165) is 0 Å². The topological polar surface area (TPSA) is 55.8 Å². The Kier molecular flexibility index (Phi) is 4.15. The minimum Gasteiger partial charge on any atom is -0.504 e. The number of ketones is 1. The molecular weight excluding hydrogens is 222 g/mol. The van der Waals surface area contributed by atoms with Crippen molar-refractivity contribution < 1.29 is 19.1 Å². The number of methoxy groups -OCH3 is 1. The van der Waals surface area contributed by atoms with Crippen LogP contribution in [0.3, 0.4) is 0 Å². The van der Waals surface area contributed by atoms with Crippen LogP contribution in [0.15, 0.2) is 11.8 Å². The van der Waals surface area contributed by atoms with Gasteiger partial charge >= 0.3 is 6.09 Å². The van der Waals surface area contributed by atoms with Crippen LogP contribution in [0.4, 0.5) is 4.79 Å². The van der Waals surface area contributed by atoms with Crippen molar-refractivity contribution in [2.24, 2.45) is 0 Å². The second kappa shape index (κ2) is 5.21. The van der Waals surface area contributed by atoms with E-state index in [1.165, 1.54) is 18.3 Å². The first-order valence-electron chi connectivity index (χ1n) is 5.56. The molecule has 1 saturated heterocycles. The second-order valence-corrected chi connectivity index (χ2v) is 4.95. The maximum atomic E-state index is 11.8. The van der Waals surface area contributed by atoms with E-state index in [2.05, 4.69) is 0 Å². The molecule has 96 valence electrons. The van der Waals surface area contributed by atoms with Gasteiger partial charge in [0, 0.05) is 18.5 Å². The van der Waals surface area contributed by atoms with Crippen molar-refractivity contribution in [3.63, 3.8) is 0 Å². The average Bonchev–Trinajstić information content (AvgIpc) is 2.19. The summed E-state index contributed by atoms with van der Waals surface area (Å²) in [6.45, 7) is 6.08. The van der Waals surface area contributed by atoms with Crippen molar-refractivity contribution in [2.75, 3.05) is 20.2 Å². The van der Waals surface area contributed by atoms with Gasteiger partial charge in [-0.1, -0.05) is 0 Å². The summed E-state index contributed by atoms with van der Waals surface area (Å²) in [5.74, 6) is 0.0201. The number of piperidine rings is 1. The number of ether oxygens (including phenoxy) is 2. The number of amides is 1. The van der Waals surface area contributed by atoms with Gasteiger partial charge in [0.15, 0.2) is 5.78 Å². The predicted octanol–water partition coefficient (Wildman–Crippen LogP) is 1.73. The maximum Gasteiger partial charge on any atom is 0.410 e. The molecule has 0 radical (unpaired) electrons. The van der Waals surface area contributed by atoms with Crippen LogP contribution in [0.25, 0.3) is 0 Å². The molecule has 0 unspecified atom stereocenters. The molecule has 0 spiro atoms. The monoisotopic (exact) mass is 241 g/mol. The number of rotatable bonds is 1. The van der Waals surface area contributed by atoms with E-state index in [1.807, 2.05) is 20.8 Å². The Labute approximate surface area is 101 Å². The molecular formula is C12H19NO4. The number of hydrogen-bond donors (Lipinski definition) is 0. The molecule has 1 heterocycles. The molecule has 1 fully saturated rings. The molecule has 1 aliphatic heterocycles. The van der Waals surface area contributed by atoms with Gasteiger partial charge in [0.05, 0.1) is 19.9 Å². The first kappa shape index (κ1) is 13.5. The van der Waals surface area contributed by atoms with Crippen LogP contribution in [0.2, 0.25) is 0 Å². The highest BCUT2D eigenvalue weighted by Gasteiger charge is 2.28. The number of carbonyl (C=O) groups excluding carboxylic acids is 2. The summed E-state index contributed by atoms with van der Waals surface area (Å²) >= 11 is 0. The van der Waals surface area contributed by atoms with Gasteiger partial charge in [-0.2, -0.15) is 0 Å². The minimum absolute atomic E-state index is 0.0201. The Bertz CT molecular complexity index is 341. The number of Topliss-reactive ketones (excluding diaryl/α,β-unsaturated/α-hetero) is 1. The van der Waals surface area contributed by atoms with Crippen molar-refractivity contribution in [1.29, 1.82) is 0 Å². The smallest absolute Gasteiger partial charge is 0.410 e. The summed E-state index contributed by atoms with van der Waals surface area (Å²) < 4.78 is 10.1. The van der Waals surface area contributed by atoms with E-state index >= 15 is 0 Å². The van der Waals surface area contributed by atoms with Crippen LogP contribution < -0.4 is 0 Å². The van der Waals surface area contributed by atoms with Gasteiger partial charge in [-0.15, -0.1) is 0 Å². The lowest BCUT2D eigenvalue weighted by atomic mass is 10.1. The SMILES string of the molecule is CO/C=C1/CN(C(=O)OC(C)(C)C)CCC1=O. The molecule has 1 amide bonds. The van der Waals surface area contributed by atoms with Crippen LogP contribution in [-0.2, 0) is 14.3 Å². The average molecular weight is 241 g/mol. The van der Waals surface area contributed by atoms with E-state index in [9.17, 15) is 9.59 Å². The van der Waals surface area contributed by atoms with Crippen LogP contribution in [0, 0.1) is 0 Å². The van der Waals surface area contributed by atoms with Crippen molar-refractivity contribution >= 4 is 11.9 Å². The van der Waals surface area contributed by atoms with Gasteiger partial charge in [-0.3, -0.25) is 4.79 Å². The molecule has 0 aromatic rings. The molecule has 17 heavy (non-hydrogen) atoms. The lowest BCUT2D eigenvalue weighted by molar-refractivity contribution is -0.117. The third-order valence-corrected chi connectivity index (χ3v) is 2.24. The Balaban J connectivity index is 2.65. The molecule has 0 atom stereocenters. The number of hydrogen-bond acceptors (Lipinski definition) is 4. The highest BCUT2D eigenvalue weighted by molar-refractivity contribution is 5.97. The molecule has 0 N–H and O–H groups in total. The van der Waals surface area contributed by atoms with E-state index in [-0.39, 0.29) is 12.3 Å². The Morgan fingerprint density at radius 2 is 2.06 bits per heavy atom. The summed E-state index contributed by atoms with van der Waals surface area (Å²) in [7, 11) is 1.48. The normalized spacial score (nSPS) is 19.4. The molecule has 0 saturated carbocycles. The van der Waals surface area contributed by atoms with Gasteiger partial charge in [0.25, 0.3) is 0 Å². The van der Waals surface area contributed by atoms with Crippen LogP contribution in [0.1, 0.15) is 27.2 Å². The van der Waals surface area contributed by atoms with Crippen molar-refractivity contribution in [1.82, 2.24) is 4.90 Å². The zero-order chi connectivity index (χ0) is 13.1.